The van der Waals surface area contributed by atoms with Crippen LogP contribution < -0.4 is 0 Å². The molecule has 1 aromatic rings. The van der Waals surface area contributed by atoms with E-state index in [9.17, 15) is 15.2 Å². The van der Waals surface area contributed by atoms with Gasteiger partial charge in [-0.2, -0.15) is 0 Å². The van der Waals surface area contributed by atoms with E-state index in [4.69, 9.17) is 11.6 Å². The number of hydrogen-bond acceptors (Lipinski definition) is 4. The van der Waals surface area contributed by atoms with Crippen LogP contribution in [0.25, 0.3) is 5.76 Å². The lowest BCUT2D eigenvalue weighted by Crippen LogP contribution is -2.00. The fourth-order valence-corrected chi connectivity index (χ4v) is 1.51. The van der Waals surface area contributed by atoms with Gasteiger partial charge in [-0.15, -0.1) is 0 Å². The largest absolute Gasteiger partial charge is 0.508 e. The molecule has 96 valence electrons. The number of aliphatic imine (C=N–C) groups is 1. The van der Waals surface area contributed by atoms with Crippen molar-refractivity contribution in [3.8, 4) is 0 Å². The van der Waals surface area contributed by atoms with Crippen LogP contribution in [0.1, 0.15) is 18.9 Å². The van der Waals surface area contributed by atoms with Gasteiger partial charge in [-0.05, 0) is 30.7 Å². The molecule has 0 bridgehead atoms. The number of nitro groups is 1. The van der Waals surface area contributed by atoms with Gasteiger partial charge < -0.3 is 5.11 Å². The van der Waals surface area contributed by atoms with Crippen molar-refractivity contribution < 1.29 is 10.0 Å². The van der Waals surface area contributed by atoms with Crippen LogP contribution in [-0.4, -0.2) is 22.8 Å². The summed E-state index contributed by atoms with van der Waals surface area (Å²) in [6, 6.07) is 4.79. The minimum absolute atomic E-state index is 0.0632. The van der Waals surface area contributed by atoms with Gasteiger partial charge in [-0.1, -0.05) is 18.5 Å². The highest BCUT2D eigenvalue weighted by atomic mass is 35.5. The minimum Gasteiger partial charge on any atom is -0.508 e. The fourth-order valence-electron chi connectivity index (χ4n) is 1.34. The molecule has 0 radical (unpaired) electrons. The molecule has 0 saturated carbocycles. The third-order valence-corrected chi connectivity index (χ3v) is 2.33. The van der Waals surface area contributed by atoms with Crippen molar-refractivity contribution in [3.05, 3.63) is 45.0 Å². The molecule has 0 heterocycles. The van der Waals surface area contributed by atoms with Crippen molar-refractivity contribution in [1.82, 2.24) is 0 Å². The lowest BCUT2D eigenvalue weighted by atomic mass is 10.1. The molecule has 0 saturated heterocycles. The predicted octanol–water partition coefficient (Wildman–Crippen LogP) is 3.63. The molecule has 5 nitrogen and oxygen atoms in total. The summed E-state index contributed by atoms with van der Waals surface area (Å²) < 4.78 is 0. The Morgan fingerprint density at radius 1 is 1.61 bits per heavy atom. The second kappa shape index (κ2) is 6.76. The molecule has 0 spiro atoms. The van der Waals surface area contributed by atoms with Crippen LogP contribution in [0.3, 0.4) is 0 Å². The van der Waals surface area contributed by atoms with Crippen molar-refractivity contribution >= 4 is 29.3 Å². The van der Waals surface area contributed by atoms with Gasteiger partial charge in [0, 0.05) is 15.5 Å². The van der Waals surface area contributed by atoms with Crippen molar-refractivity contribution in [2.45, 2.75) is 13.3 Å². The molecule has 6 heteroatoms. The highest BCUT2D eigenvalue weighted by molar-refractivity contribution is 6.30. The molecule has 1 rings (SSSR count). The average molecular weight is 269 g/mol. The normalized spacial score (nSPS) is 12.0. The first-order chi connectivity index (χ1) is 8.54. The molecule has 0 aromatic heterocycles. The number of allylic oxidation sites excluding steroid dienone is 1. The third kappa shape index (κ3) is 4.18. The summed E-state index contributed by atoms with van der Waals surface area (Å²) in [7, 11) is 0. The Hall–Kier alpha value is -1.88. The van der Waals surface area contributed by atoms with E-state index in [1.165, 1.54) is 6.21 Å². The van der Waals surface area contributed by atoms with Crippen LogP contribution in [0.5, 0.6) is 0 Å². The summed E-state index contributed by atoms with van der Waals surface area (Å²) in [5, 5.41) is 20.5. The number of aliphatic hydroxyl groups excluding tert-OH is 1. The van der Waals surface area contributed by atoms with Gasteiger partial charge in [0.15, 0.2) is 0 Å². The second-order valence-electron chi connectivity index (χ2n) is 3.49. The maximum absolute atomic E-state index is 10.2. The van der Waals surface area contributed by atoms with Gasteiger partial charge in [0.25, 0.3) is 0 Å². The Balaban J connectivity index is 3.07. The van der Waals surface area contributed by atoms with E-state index in [1.807, 2.05) is 6.92 Å². The number of halogens is 1. The molecular formula is C12H13ClN2O3. The number of nitrogens with zero attached hydrogens (tertiary/aromatic N) is 2. The lowest BCUT2D eigenvalue weighted by Gasteiger charge is -2.05. The first kappa shape index (κ1) is 14.2. The van der Waals surface area contributed by atoms with Crippen molar-refractivity contribution in [3.63, 3.8) is 0 Å². The molecule has 0 aliphatic rings. The van der Waals surface area contributed by atoms with E-state index in [2.05, 4.69) is 4.99 Å². The number of hydrogen-bond donors (Lipinski definition) is 1. The number of benzene rings is 1. The van der Waals surface area contributed by atoms with Gasteiger partial charge in [0.05, 0.1) is 11.9 Å². The average Bonchev–Trinajstić information content (AvgIpc) is 2.31. The van der Waals surface area contributed by atoms with Gasteiger partial charge in [-0.3, -0.25) is 15.1 Å². The molecule has 1 N–H and O–H groups in total. The molecule has 1 aromatic carbocycles. The van der Waals surface area contributed by atoms with Gasteiger partial charge in [0.2, 0.25) is 6.54 Å². The van der Waals surface area contributed by atoms with E-state index in [1.54, 1.807) is 24.3 Å². The van der Waals surface area contributed by atoms with Crippen LogP contribution in [0.15, 0.2) is 29.3 Å². The van der Waals surface area contributed by atoms with Gasteiger partial charge in [0.1, 0.15) is 5.76 Å². The maximum Gasteiger partial charge on any atom is 0.238 e. The molecule has 0 atom stereocenters. The Labute approximate surface area is 110 Å². The van der Waals surface area contributed by atoms with E-state index in [0.717, 1.165) is 0 Å². The van der Waals surface area contributed by atoms with Crippen molar-refractivity contribution in [2.75, 3.05) is 6.54 Å². The van der Waals surface area contributed by atoms with Crippen molar-refractivity contribution in [1.29, 1.82) is 0 Å². The summed E-state index contributed by atoms with van der Waals surface area (Å²) in [4.78, 5) is 13.7. The van der Waals surface area contributed by atoms with Crippen LogP contribution >= 0.6 is 11.6 Å². The predicted molar refractivity (Wildman–Crippen MR) is 72.4 cm³/mol. The topological polar surface area (TPSA) is 75.7 Å². The van der Waals surface area contributed by atoms with Gasteiger partial charge in [-0.25, -0.2) is 0 Å². The summed E-state index contributed by atoms with van der Waals surface area (Å²) in [6.45, 7) is 1.52. The Bertz CT molecular complexity index is 498. The monoisotopic (exact) mass is 268 g/mol. The summed E-state index contributed by atoms with van der Waals surface area (Å²) in [5.41, 5.74) is 0.910. The first-order valence-electron chi connectivity index (χ1n) is 5.38. The smallest absolute Gasteiger partial charge is 0.238 e. The number of rotatable bonds is 5. The Morgan fingerprint density at radius 3 is 2.94 bits per heavy atom. The highest BCUT2D eigenvalue weighted by Crippen LogP contribution is 2.28. The van der Waals surface area contributed by atoms with E-state index < -0.39 is 4.92 Å². The lowest BCUT2D eigenvalue weighted by molar-refractivity contribution is -0.462. The summed E-state index contributed by atoms with van der Waals surface area (Å²) >= 11 is 5.85. The molecule has 0 amide bonds. The van der Waals surface area contributed by atoms with E-state index in [-0.39, 0.29) is 12.3 Å². The highest BCUT2D eigenvalue weighted by Gasteiger charge is 2.06. The van der Waals surface area contributed by atoms with E-state index >= 15 is 0 Å². The molecular weight excluding hydrogens is 256 g/mol. The molecule has 0 unspecified atom stereocenters. The standard InChI is InChI=1S/C12H13ClN2O3/c1-2-3-12(16)10-8-9(13)4-5-11(10)14-6-7-15(17)18/h3-6,8,16H,2,7H2,1H3/b12-3+,14-6?. The summed E-state index contributed by atoms with van der Waals surface area (Å²) in [5.74, 6) is 0.0632. The molecule has 0 aliphatic carbocycles. The second-order valence-corrected chi connectivity index (χ2v) is 3.92. The van der Waals surface area contributed by atoms with Crippen LogP contribution in [-0.2, 0) is 0 Å². The molecule has 0 aliphatic heterocycles. The number of aliphatic hydroxyl groups is 1. The van der Waals surface area contributed by atoms with Gasteiger partial charge >= 0.3 is 0 Å². The Kier molecular flexibility index (Phi) is 5.32. The van der Waals surface area contributed by atoms with Crippen LogP contribution in [0.2, 0.25) is 5.02 Å². The zero-order chi connectivity index (χ0) is 13.5. The Morgan fingerprint density at radius 2 is 2.33 bits per heavy atom. The minimum atomic E-state index is -0.485. The third-order valence-electron chi connectivity index (χ3n) is 2.09. The van der Waals surface area contributed by atoms with E-state index in [0.29, 0.717) is 22.7 Å². The van der Waals surface area contributed by atoms with Crippen LogP contribution in [0.4, 0.5) is 5.69 Å². The molecule has 18 heavy (non-hydrogen) atoms. The maximum atomic E-state index is 10.2. The summed E-state index contributed by atoms with van der Waals surface area (Å²) in [6.07, 6.45) is 3.47. The fraction of sp³-hybridized carbons (Fsp3) is 0.250. The van der Waals surface area contributed by atoms with Crippen LogP contribution in [0, 0.1) is 10.1 Å². The first-order valence-corrected chi connectivity index (χ1v) is 5.75. The molecule has 0 fully saturated rings. The zero-order valence-electron chi connectivity index (χ0n) is 9.84. The van der Waals surface area contributed by atoms with Crippen molar-refractivity contribution in [2.24, 2.45) is 4.99 Å². The quantitative estimate of drug-likeness (QED) is 0.383. The zero-order valence-corrected chi connectivity index (χ0v) is 10.6. The SMILES string of the molecule is CC/C=C(/O)c1cc(Cl)ccc1N=CC[N+](=O)[O-].